The maximum absolute atomic E-state index is 11.3. The van der Waals surface area contributed by atoms with Gasteiger partial charge in [-0.1, -0.05) is 44.0 Å². The van der Waals surface area contributed by atoms with Crippen molar-refractivity contribution in [3.63, 3.8) is 0 Å². The highest BCUT2D eigenvalue weighted by Crippen LogP contribution is 2.25. The Morgan fingerprint density at radius 1 is 1.77 bits per heavy atom. The number of esters is 1. The van der Waals surface area contributed by atoms with Crippen molar-refractivity contribution in [1.82, 2.24) is 0 Å². The lowest BCUT2D eigenvalue weighted by Crippen LogP contribution is -2.13. The summed E-state index contributed by atoms with van der Waals surface area (Å²) in [5.74, 6) is -0.269. The van der Waals surface area contributed by atoms with Gasteiger partial charge in [0.1, 0.15) is 0 Å². The van der Waals surface area contributed by atoms with Crippen LogP contribution in [0.15, 0.2) is 23.3 Å². The molecule has 0 N–H and O–H groups in total. The molecule has 1 aliphatic rings. The fraction of sp³-hybridized carbons (Fsp3) is 0.444. The smallest absolute Gasteiger partial charge is 0.337 e. The van der Waals surface area contributed by atoms with Gasteiger partial charge in [0.2, 0.25) is 0 Å². The second-order valence-electron chi connectivity index (χ2n) is 2.69. The first-order valence-corrected chi connectivity index (χ1v) is 5.92. The minimum Gasteiger partial charge on any atom is -0.465 e. The number of carbonyl (C=O) groups excluding carboxylic acids is 1. The molecule has 1 unspecified atom stereocenters. The van der Waals surface area contributed by atoms with Gasteiger partial charge < -0.3 is 4.74 Å². The van der Waals surface area contributed by atoms with Gasteiger partial charge in [-0.2, -0.15) is 0 Å². The van der Waals surface area contributed by atoms with Crippen molar-refractivity contribution < 1.29 is 9.53 Å². The lowest BCUT2D eigenvalue weighted by Gasteiger charge is -2.15. The average molecular weight is 310 g/mol. The number of hydrogen-bond donors (Lipinski definition) is 0. The van der Waals surface area contributed by atoms with Crippen molar-refractivity contribution in [2.24, 2.45) is 0 Å². The number of allylic oxidation sites excluding steroid dienone is 2. The molecule has 72 valence electrons. The Hall–Kier alpha value is -0.0900. The molecule has 0 aromatic carbocycles. The normalized spacial score (nSPS) is 21.9. The highest BCUT2D eigenvalue weighted by molar-refractivity contribution is 9.09. The van der Waals surface area contributed by atoms with E-state index < -0.39 is 0 Å². The van der Waals surface area contributed by atoms with Crippen LogP contribution >= 0.6 is 31.9 Å². The zero-order valence-corrected chi connectivity index (χ0v) is 10.4. The Balaban J connectivity index is 2.88. The van der Waals surface area contributed by atoms with E-state index in [9.17, 15) is 4.79 Å². The molecule has 0 heterocycles. The van der Waals surface area contributed by atoms with E-state index in [0.717, 1.165) is 12.0 Å². The molecule has 0 saturated heterocycles. The van der Waals surface area contributed by atoms with E-state index in [0.29, 0.717) is 10.9 Å². The fourth-order valence-electron chi connectivity index (χ4n) is 1.16. The third-order valence-corrected chi connectivity index (χ3v) is 3.07. The number of hydrogen-bond acceptors (Lipinski definition) is 2. The summed E-state index contributed by atoms with van der Waals surface area (Å²) < 4.78 is 4.68. The van der Waals surface area contributed by atoms with Crippen LogP contribution in [0.5, 0.6) is 0 Å². The third-order valence-electron chi connectivity index (χ3n) is 1.83. The molecule has 1 atom stereocenters. The summed E-state index contributed by atoms with van der Waals surface area (Å²) in [5.41, 5.74) is 1.66. The van der Waals surface area contributed by atoms with E-state index in [-0.39, 0.29) is 10.8 Å². The van der Waals surface area contributed by atoms with Gasteiger partial charge in [-0.05, 0) is 12.0 Å². The summed E-state index contributed by atoms with van der Waals surface area (Å²) >= 11 is 6.78. The number of alkyl halides is 2. The zero-order chi connectivity index (χ0) is 9.84. The van der Waals surface area contributed by atoms with Crippen LogP contribution < -0.4 is 0 Å². The van der Waals surface area contributed by atoms with Crippen LogP contribution in [0.25, 0.3) is 0 Å². The van der Waals surface area contributed by atoms with Crippen molar-refractivity contribution >= 4 is 37.8 Å². The minimum atomic E-state index is -0.269. The lowest BCUT2D eigenvalue weighted by atomic mass is 9.99. The van der Waals surface area contributed by atoms with Gasteiger partial charge in [0.05, 0.1) is 12.7 Å². The molecule has 13 heavy (non-hydrogen) atoms. The predicted octanol–water partition coefficient (Wildman–Crippen LogP) is 2.57. The van der Waals surface area contributed by atoms with Gasteiger partial charge in [0.15, 0.2) is 0 Å². The Morgan fingerprint density at radius 2 is 2.46 bits per heavy atom. The molecule has 0 spiro atoms. The second-order valence-corrected chi connectivity index (χ2v) is 4.42. The van der Waals surface area contributed by atoms with Crippen LogP contribution in [0.4, 0.5) is 0 Å². The molecule has 0 aromatic heterocycles. The van der Waals surface area contributed by atoms with E-state index in [1.165, 1.54) is 7.11 Å². The Bertz CT molecular complexity index is 269. The van der Waals surface area contributed by atoms with Crippen molar-refractivity contribution in [1.29, 1.82) is 0 Å². The molecule has 2 nitrogen and oxygen atoms in total. The zero-order valence-electron chi connectivity index (χ0n) is 7.22. The average Bonchev–Trinajstić information content (AvgIpc) is 2.16. The van der Waals surface area contributed by atoms with E-state index in [1.807, 2.05) is 12.2 Å². The van der Waals surface area contributed by atoms with E-state index in [4.69, 9.17) is 0 Å². The SMILES string of the molecule is COC(=O)C1=CC(Br)CC=C1CBr. The quantitative estimate of drug-likeness (QED) is 0.579. The molecule has 0 aromatic rings. The van der Waals surface area contributed by atoms with Gasteiger partial charge in [-0.25, -0.2) is 4.79 Å². The first-order valence-electron chi connectivity index (χ1n) is 3.88. The number of methoxy groups -OCH3 is 1. The summed E-state index contributed by atoms with van der Waals surface area (Å²) in [6, 6.07) is 0. The highest BCUT2D eigenvalue weighted by Gasteiger charge is 2.19. The van der Waals surface area contributed by atoms with Crippen molar-refractivity contribution in [3.8, 4) is 0 Å². The van der Waals surface area contributed by atoms with Crippen LogP contribution in [0.1, 0.15) is 6.42 Å². The largest absolute Gasteiger partial charge is 0.465 e. The predicted molar refractivity (Wildman–Crippen MR) is 59.3 cm³/mol. The molecule has 0 radical (unpaired) electrons. The summed E-state index contributed by atoms with van der Waals surface area (Å²) in [6.07, 6.45) is 4.85. The molecule has 1 aliphatic carbocycles. The first kappa shape index (κ1) is 11.0. The van der Waals surface area contributed by atoms with E-state index in [1.54, 1.807) is 0 Å². The third kappa shape index (κ3) is 2.68. The second kappa shape index (κ2) is 4.96. The fourth-order valence-corrected chi connectivity index (χ4v) is 2.14. The standard InChI is InChI=1S/C9H10Br2O2/c1-13-9(12)8-4-7(11)3-2-6(8)5-10/h2,4,7H,3,5H2,1H3. The summed E-state index contributed by atoms with van der Waals surface area (Å²) in [6.45, 7) is 0. The molecular formula is C9H10Br2O2. The molecule has 0 bridgehead atoms. The van der Waals surface area contributed by atoms with Crippen molar-refractivity contribution in [2.45, 2.75) is 11.2 Å². The van der Waals surface area contributed by atoms with Crippen LogP contribution in [0.3, 0.4) is 0 Å². The van der Waals surface area contributed by atoms with Crippen LogP contribution in [-0.2, 0) is 9.53 Å². The minimum absolute atomic E-state index is 0.240. The number of ether oxygens (including phenoxy) is 1. The Labute approximate surface area is 94.3 Å². The van der Waals surface area contributed by atoms with Gasteiger partial charge in [0.25, 0.3) is 0 Å². The molecule has 0 saturated carbocycles. The molecular weight excluding hydrogens is 300 g/mol. The van der Waals surface area contributed by atoms with Gasteiger partial charge in [-0.3, -0.25) is 0 Å². The Morgan fingerprint density at radius 3 is 3.00 bits per heavy atom. The summed E-state index contributed by atoms with van der Waals surface area (Å²) in [4.78, 5) is 11.5. The molecule has 0 aliphatic heterocycles. The molecule has 0 fully saturated rings. The van der Waals surface area contributed by atoms with Crippen LogP contribution in [0, 0.1) is 0 Å². The van der Waals surface area contributed by atoms with Crippen molar-refractivity contribution in [3.05, 3.63) is 23.3 Å². The van der Waals surface area contributed by atoms with Gasteiger partial charge >= 0.3 is 5.97 Å². The lowest BCUT2D eigenvalue weighted by molar-refractivity contribution is -0.135. The van der Waals surface area contributed by atoms with E-state index in [2.05, 4.69) is 36.6 Å². The maximum Gasteiger partial charge on any atom is 0.337 e. The monoisotopic (exact) mass is 308 g/mol. The van der Waals surface area contributed by atoms with Crippen LogP contribution in [-0.4, -0.2) is 23.2 Å². The van der Waals surface area contributed by atoms with Gasteiger partial charge in [0, 0.05) is 10.2 Å². The summed E-state index contributed by atoms with van der Waals surface area (Å²) in [7, 11) is 1.40. The topological polar surface area (TPSA) is 26.3 Å². The van der Waals surface area contributed by atoms with Crippen molar-refractivity contribution in [2.75, 3.05) is 12.4 Å². The molecule has 0 amide bonds. The maximum atomic E-state index is 11.3. The molecule has 1 rings (SSSR count). The number of carbonyl (C=O) groups is 1. The number of rotatable bonds is 2. The Kier molecular flexibility index (Phi) is 4.19. The molecule has 4 heteroatoms. The van der Waals surface area contributed by atoms with Gasteiger partial charge in [-0.15, -0.1) is 0 Å². The first-order chi connectivity index (χ1) is 6.19. The summed E-state index contributed by atoms with van der Waals surface area (Å²) in [5, 5.41) is 0.688. The van der Waals surface area contributed by atoms with Crippen LogP contribution in [0.2, 0.25) is 0 Å². The number of halogens is 2. The van der Waals surface area contributed by atoms with E-state index >= 15 is 0 Å². The highest BCUT2D eigenvalue weighted by atomic mass is 79.9.